The van der Waals surface area contributed by atoms with Gasteiger partial charge in [0, 0.05) is 29.5 Å². The van der Waals surface area contributed by atoms with E-state index in [-0.39, 0.29) is 6.03 Å². The van der Waals surface area contributed by atoms with Crippen LogP contribution in [0.3, 0.4) is 0 Å². The number of carbonyl (C=O) groups excluding carboxylic acids is 1. The minimum absolute atomic E-state index is 0.300. The maximum atomic E-state index is 12.4. The second kappa shape index (κ2) is 9.11. The van der Waals surface area contributed by atoms with Crippen molar-refractivity contribution < 1.29 is 9.53 Å². The number of nitrogens with one attached hydrogen (secondary N) is 2. The molecule has 3 aromatic carbocycles. The van der Waals surface area contributed by atoms with Gasteiger partial charge in [-0.3, -0.25) is 4.68 Å². The second-order valence-corrected chi connectivity index (χ2v) is 7.88. The number of carbonyl (C=O) groups is 1. The maximum absolute atomic E-state index is 12.4. The SMILES string of the molecule is O=C(Nc1ccc(Oc2ccccc2)cc1)Nc1ccc2nn(CCN3CCC3)cc2c1. The summed E-state index contributed by atoms with van der Waals surface area (Å²) in [6.45, 7) is 4.28. The Balaban J connectivity index is 1.17. The third kappa shape index (κ3) is 4.90. The molecule has 0 unspecified atom stereocenters. The van der Waals surface area contributed by atoms with Crippen LogP contribution in [-0.4, -0.2) is 40.3 Å². The van der Waals surface area contributed by atoms with Crippen molar-refractivity contribution in [2.75, 3.05) is 30.3 Å². The molecule has 4 aromatic rings. The number of fused-ring (bicyclic) bond motifs is 1. The number of hydrogen-bond acceptors (Lipinski definition) is 4. The van der Waals surface area contributed by atoms with Gasteiger partial charge in [0.15, 0.2) is 0 Å². The summed E-state index contributed by atoms with van der Waals surface area (Å²) in [6.07, 6.45) is 3.33. The predicted molar refractivity (Wildman–Crippen MR) is 126 cm³/mol. The molecule has 7 nitrogen and oxygen atoms in total. The smallest absolute Gasteiger partial charge is 0.323 e. The fourth-order valence-electron chi connectivity index (χ4n) is 3.64. The van der Waals surface area contributed by atoms with Gasteiger partial charge in [-0.25, -0.2) is 4.79 Å². The van der Waals surface area contributed by atoms with Crippen molar-refractivity contribution in [2.45, 2.75) is 13.0 Å². The molecule has 2 N–H and O–H groups in total. The summed E-state index contributed by atoms with van der Waals surface area (Å²) in [5.74, 6) is 1.48. The Kier molecular flexibility index (Phi) is 5.72. The zero-order valence-corrected chi connectivity index (χ0v) is 17.7. The number of ether oxygens (including phenoxy) is 1. The van der Waals surface area contributed by atoms with E-state index < -0.39 is 0 Å². The largest absolute Gasteiger partial charge is 0.457 e. The topological polar surface area (TPSA) is 71.4 Å². The number of nitrogens with zero attached hydrogens (tertiary/aromatic N) is 3. The van der Waals surface area contributed by atoms with E-state index in [1.807, 2.05) is 83.7 Å². The molecule has 0 bridgehead atoms. The van der Waals surface area contributed by atoms with Gasteiger partial charge in [0.1, 0.15) is 11.5 Å². The van der Waals surface area contributed by atoms with Crippen molar-refractivity contribution in [2.24, 2.45) is 0 Å². The molecule has 1 fully saturated rings. The van der Waals surface area contributed by atoms with Gasteiger partial charge in [-0.15, -0.1) is 0 Å². The molecular formula is C25H25N5O2. The van der Waals surface area contributed by atoms with Crippen LogP contribution in [0.1, 0.15) is 6.42 Å². The Hall–Kier alpha value is -3.84. The highest BCUT2D eigenvalue weighted by molar-refractivity contribution is 6.00. The van der Waals surface area contributed by atoms with E-state index in [4.69, 9.17) is 4.74 Å². The van der Waals surface area contributed by atoms with E-state index >= 15 is 0 Å². The number of amides is 2. The number of hydrogen-bond donors (Lipinski definition) is 2. The highest BCUT2D eigenvalue weighted by Crippen LogP contribution is 2.23. The average molecular weight is 428 g/mol. The second-order valence-electron chi connectivity index (χ2n) is 7.88. The van der Waals surface area contributed by atoms with Gasteiger partial charge >= 0.3 is 6.03 Å². The number of aromatic nitrogens is 2. The lowest BCUT2D eigenvalue weighted by Crippen LogP contribution is -2.39. The average Bonchev–Trinajstić information content (AvgIpc) is 3.17. The third-order valence-corrected chi connectivity index (χ3v) is 5.49. The summed E-state index contributed by atoms with van der Waals surface area (Å²) < 4.78 is 7.76. The van der Waals surface area contributed by atoms with Gasteiger partial charge in [-0.05, 0) is 74.1 Å². The monoisotopic (exact) mass is 427 g/mol. The number of rotatable bonds is 7. The first-order valence-corrected chi connectivity index (χ1v) is 10.8. The highest BCUT2D eigenvalue weighted by Gasteiger charge is 2.13. The molecule has 1 saturated heterocycles. The summed E-state index contributed by atoms with van der Waals surface area (Å²) in [5, 5.41) is 11.4. The first-order chi connectivity index (χ1) is 15.7. The molecule has 0 spiro atoms. The van der Waals surface area contributed by atoms with E-state index in [1.165, 1.54) is 19.5 Å². The Morgan fingerprint density at radius 3 is 2.34 bits per heavy atom. The molecule has 1 aliphatic rings. The van der Waals surface area contributed by atoms with Crippen LogP contribution in [0.5, 0.6) is 11.5 Å². The number of urea groups is 1. The lowest BCUT2D eigenvalue weighted by Gasteiger charge is -2.30. The highest BCUT2D eigenvalue weighted by atomic mass is 16.5. The summed E-state index contributed by atoms with van der Waals surface area (Å²) in [4.78, 5) is 14.9. The van der Waals surface area contributed by atoms with Crippen molar-refractivity contribution in [1.29, 1.82) is 0 Å². The molecular weight excluding hydrogens is 402 g/mol. The van der Waals surface area contributed by atoms with E-state index in [9.17, 15) is 4.79 Å². The van der Waals surface area contributed by atoms with Gasteiger partial charge < -0.3 is 20.3 Å². The Morgan fingerprint density at radius 1 is 0.875 bits per heavy atom. The van der Waals surface area contributed by atoms with Crippen LogP contribution in [0.25, 0.3) is 10.9 Å². The fourth-order valence-corrected chi connectivity index (χ4v) is 3.64. The maximum Gasteiger partial charge on any atom is 0.323 e. The van der Waals surface area contributed by atoms with Gasteiger partial charge in [-0.2, -0.15) is 5.10 Å². The van der Waals surface area contributed by atoms with Crippen LogP contribution >= 0.6 is 0 Å². The van der Waals surface area contributed by atoms with Crippen LogP contribution in [0, 0.1) is 0 Å². The molecule has 0 atom stereocenters. The zero-order chi connectivity index (χ0) is 21.8. The predicted octanol–water partition coefficient (Wildman–Crippen LogP) is 5.18. The van der Waals surface area contributed by atoms with Gasteiger partial charge in [0.25, 0.3) is 0 Å². The molecule has 0 radical (unpaired) electrons. The minimum atomic E-state index is -0.300. The summed E-state index contributed by atoms with van der Waals surface area (Å²) >= 11 is 0. The Bertz CT molecular complexity index is 1200. The standard InChI is InChI=1S/C25H25N5O2/c31-25(26-20-7-10-23(11-8-20)32-22-5-2-1-3-6-22)27-21-9-12-24-19(17-21)18-30(28-24)16-15-29-13-4-14-29/h1-3,5-12,17-18H,4,13-16H2,(H2,26,27,31). The van der Waals surface area contributed by atoms with Crippen molar-refractivity contribution in [1.82, 2.24) is 14.7 Å². The lowest BCUT2D eigenvalue weighted by molar-refractivity contribution is 0.172. The molecule has 2 heterocycles. The summed E-state index contributed by atoms with van der Waals surface area (Å²) in [5.41, 5.74) is 2.33. The van der Waals surface area contributed by atoms with Crippen molar-refractivity contribution in [3.8, 4) is 11.5 Å². The van der Waals surface area contributed by atoms with Gasteiger partial charge in [0.05, 0.1) is 12.1 Å². The molecule has 1 aromatic heterocycles. The summed E-state index contributed by atoms with van der Waals surface area (Å²) in [7, 11) is 0. The first-order valence-electron chi connectivity index (χ1n) is 10.8. The molecule has 1 aliphatic heterocycles. The molecule has 32 heavy (non-hydrogen) atoms. The minimum Gasteiger partial charge on any atom is -0.457 e. The zero-order valence-electron chi connectivity index (χ0n) is 17.7. The van der Waals surface area contributed by atoms with Crippen molar-refractivity contribution >= 4 is 28.3 Å². The van der Waals surface area contributed by atoms with Crippen LogP contribution in [0.2, 0.25) is 0 Å². The third-order valence-electron chi connectivity index (χ3n) is 5.49. The van der Waals surface area contributed by atoms with E-state index in [0.717, 1.165) is 35.4 Å². The lowest BCUT2D eigenvalue weighted by atomic mass is 10.2. The number of benzene rings is 3. The fraction of sp³-hybridized carbons (Fsp3) is 0.200. The normalized spacial score (nSPS) is 13.5. The van der Waals surface area contributed by atoms with Crippen LogP contribution in [-0.2, 0) is 6.54 Å². The molecule has 0 saturated carbocycles. The first kappa shape index (κ1) is 20.1. The molecule has 0 aliphatic carbocycles. The Labute approximate surface area is 186 Å². The summed E-state index contributed by atoms with van der Waals surface area (Å²) in [6, 6.07) is 22.3. The van der Waals surface area contributed by atoms with Crippen molar-refractivity contribution in [3.63, 3.8) is 0 Å². The number of anilines is 2. The molecule has 7 heteroatoms. The van der Waals surface area contributed by atoms with E-state index in [2.05, 4.69) is 20.6 Å². The van der Waals surface area contributed by atoms with Crippen LogP contribution in [0.15, 0.2) is 79.0 Å². The number of likely N-dealkylation sites (tertiary alicyclic amines) is 1. The van der Waals surface area contributed by atoms with Crippen LogP contribution < -0.4 is 15.4 Å². The molecule has 2 amide bonds. The van der Waals surface area contributed by atoms with E-state index in [0.29, 0.717) is 11.4 Å². The molecule has 162 valence electrons. The molecule has 5 rings (SSSR count). The quantitative estimate of drug-likeness (QED) is 0.426. The Morgan fingerprint density at radius 2 is 1.59 bits per heavy atom. The van der Waals surface area contributed by atoms with Crippen molar-refractivity contribution in [3.05, 3.63) is 79.0 Å². The van der Waals surface area contributed by atoms with Crippen LogP contribution in [0.4, 0.5) is 16.2 Å². The van der Waals surface area contributed by atoms with E-state index in [1.54, 1.807) is 0 Å². The number of para-hydroxylation sites is 1. The van der Waals surface area contributed by atoms with Gasteiger partial charge in [0.2, 0.25) is 0 Å². The van der Waals surface area contributed by atoms with Gasteiger partial charge in [-0.1, -0.05) is 18.2 Å².